The van der Waals surface area contributed by atoms with E-state index in [9.17, 15) is 0 Å². The first-order chi connectivity index (χ1) is 21.2. The highest BCUT2D eigenvalue weighted by molar-refractivity contribution is 6.15. The van der Waals surface area contributed by atoms with Crippen molar-refractivity contribution in [2.45, 2.75) is 6.92 Å². The first-order valence-corrected chi connectivity index (χ1v) is 14.8. The van der Waals surface area contributed by atoms with Gasteiger partial charge in [0.05, 0.1) is 0 Å². The lowest BCUT2D eigenvalue weighted by atomic mass is 9.78. The molecule has 0 heterocycles. The van der Waals surface area contributed by atoms with Crippen LogP contribution in [0.3, 0.4) is 0 Å². The van der Waals surface area contributed by atoms with Crippen LogP contribution in [0, 0.1) is 12.3 Å². The van der Waals surface area contributed by atoms with Crippen molar-refractivity contribution in [2.24, 2.45) is 0 Å². The standard InChI is InChI=1S/C42H29N/c1-27-29-12-2-3-13-32(29)38-24-23-28(26-41(38)30(27)22-11-25-43)31-20-10-21-40-37-17-7-6-16-35(37)33-14-4-5-15-34(33)36-18-8-9-19-39(36)42(31)40/h2-26,43H,1H3/b22-11-,35-33?,36-34?,40-37?,42-39?,43-25?. The number of aryl methyl sites for hydroxylation is 1. The molecule has 0 fully saturated rings. The molecule has 0 radical (unpaired) electrons. The molecule has 43 heavy (non-hydrogen) atoms. The molecule has 202 valence electrons. The zero-order valence-electron chi connectivity index (χ0n) is 23.9. The summed E-state index contributed by atoms with van der Waals surface area (Å²) in [4.78, 5) is 0. The van der Waals surface area contributed by atoms with Crippen LogP contribution in [0.5, 0.6) is 0 Å². The zero-order valence-corrected chi connectivity index (χ0v) is 23.9. The molecule has 0 atom stereocenters. The van der Waals surface area contributed by atoms with Crippen molar-refractivity contribution in [1.29, 1.82) is 5.41 Å². The van der Waals surface area contributed by atoms with Gasteiger partial charge in [0.2, 0.25) is 0 Å². The minimum atomic E-state index is 1.16. The molecule has 7 aromatic rings. The Morgan fingerprint density at radius 1 is 0.442 bits per heavy atom. The van der Waals surface area contributed by atoms with Gasteiger partial charge in [-0.05, 0) is 107 Å². The summed E-state index contributed by atoms with van der Waals surface area (Å²) in [5, 5.41) is 12.6. The van der Waals surface area contributed by atoms with Crippen LogP contribution in [0.2, 0.25) is 0 Å². The van der Waals surface area contributed by atoms with Crippen molar-refractivity contribution < 1.29 is 0 Å². The van der Waals surface area contributed by atoms with Crippen LogP contribution in [-0.4, -0.2) is 6.21 Å². The highest BCUT2D eigenvalue weighted by Crippen LogP contribution is 2.50. The first-order valence-electron chi connectivity index (χ1n) is 14.8. The summed E-state index contributed by atoms with van der Waals surface area (Å²) in [7, 11) is 0. The first kappa shape index (κ1) is 25.2. The highest BCUT2D eigenvalue weighted by Gasteiger charge is 2.24. The number of hydrogen-bond donors (Lipinski definition) is 1. The summed E-state index contributed by atoms with van der Waals surface area (Å²) in [6, 6.07) is 48.8. The Hall–Kier alpha value is -5.53. The van der Waals surface area contributed by atoms with E-state index in [2.05, 4.69) is 146 Å². The van der Waals surface area contributed by atoms with Crippen LogP contribution in [0.4, 0.5) is 0 Å². The lowest BCUT2D eigenvalue weighted by Gasteiger charge is -2.25. The van der Waals surface area contributed by atoms with Gasteiger partial charge in [0, 0.05) is 6.21 Å². The maximum atomic E-state index is 7.68. The average molecular weight is 548 g/mol. The Bertz CT molecular complexity index is 2260. The zero-order chi connectivity index (χ0) is 28.9. The van der Waals surface area contributed by atoms with Gasteiger partial charge >= 0.3 is 0 Å². The molecule has 7 aromatic carbocycles. The van der Waals surface area contributed by atoms with Gasteiger partial charge in [0.15, 0.2) is 0 Å². The number of hydrogen-bond acceptors (Lipinski definition) is 1. The molecule has 0 aromatic heterocycles. The minimum absolute atomic E-state index is 1.16. The molecule has 0 saturated heterocycles. The van der Waals surface area contributed by atoms with E-state index >= 15 is 0 Å². The van der Waals surface area contributed by atoms with Crippen molar-refractivity contribution in [1.82, 2.24) is 0 Å². The average Bonchev–Trinajstić information content (AvgIpc) is 3.07. The van der Waals surface area contributed by atoms with Crippen LogP contribution in [0.25, 0.3) is 83.3 Å². The summed E-state index contributed by atoms with van der Waals surface area (Å²) < 4.78 is 0. The van der Waals surface area contributed by atoms with Gasteiger partial charge in [-0.25, -0.2) is 0 Å². The van der Waals surface area contributed by atoms with E-state index < -0.39 is 0 Å². The molecule has 0 aliphatic heterocycles. The molecule has 1 nitrogen and oxygen atoms in total. The smallest absolute Gasteiger partial charge is 0.0177 e. The molecule has 0 saturated carbocycles. The molecule has 0 unspecified atom stereocenters. The van der Waals surface area contributed by atoms with E-state index in [4.69, 9.17) is 5.41 Å². The van der Waals surface area contributed by atoms with Crippen molar-refractivity contribution in [3.63, 3.8) is 0 Å². The van der Waals surface area contributed by atoms with Crippen molar-refractivity contribution in [3.8, 4) is 55.6 Å². The number of allylic oxidation sites excluding steroid dienone is 1. The fourth-order valence-corrected chi connectivity index (χ4v) is 7.07. The van der Waals surface area contributed by atoms with Crippen molar-refractivity contribution >= 4 is 33.8 Å². The Balaban J connectivity index is 1.48. The highest BCUT2D eigenvalue weighted by atomic mass is 14.3. The molecule has 0 amide bonds. The van der Waals surface area contributed by atoms with E-state index in [1.165, 1.54) is 89.0 Å². The third-order valence-corrected chi connectivity index (χ3v) is 8.99. The van der Waals surface area contributed by atoms with Crippen LogP contribution in [0.15, 0.2) is 140 Å². The topological polar surface area (TPSA) is 23.9 Å². The Kier molecular flexibility index (Phi) is 5.91. The number of fused-ring (bicyclic) bond motifs is 11. The number of rotatable bonds is 3. The molecule has 1 heteroatoms. The van der Waals surface area contributed by atoms with Crippen LogP contribution in [0.1, 0.15) is 11.1 Å². The molecule has 0 spiro atoms. The molecular weight excluding hydrogens is 518 g/mol. The Morgan fingerprint density at radius 3 is 1.58 bits per heavy atom. The van der Waals surface area contributed by atoms with Gasteiger partial charge in [-0.3, -0.25) is 0 Å². The second-order valence-electron chi connectivity index (χ2n) is 11.2. The molecule has 1 aliphatic rings. The lowest BCUT2D eigenvalue weighted by Crippen LogP contribution is -1.98. The third-order valence-electron chi connectivity index (χ3n) is 8.99. The molecule has 1 N–H and O–H groups in total. The van der Waals surface area contributed by atoms with Gasteiger partial charge < -0.3 is 5.41 Å². The lowest BCUT2D eigenvalue weighted by molar-refractivity contribution is 1.51. The predicted octanol–water partition coefficient (Wildman–Crippen LogP) is 11.6. The van der Waals surface area contributed by atoms with Gasteiger partial charge in [0.1, 0.15) is 0 Å². The van der Waals surface area contributed by atoms with E-state index in [-0.39, 0.29) is 0 Å². The largest absolute Gasteiger partial charge is 0.309 e. The Labute approximate surface area is 251 Å². The monoisotopic (exact) mass is 547 g/mol. The summed E-state index contributed by atoms with van der Waals surface area (Å²) in [5.41, 5.74) is 14.8. The van der Waals surface area contributed by atoms with Gasteiger partial charge in [-0.15, -0.1) is 0 Å². The van der Waals surface area contributed by atoms with Gasteiger partial charge in [-0.1, -0.05) is 133 Å². The summed E-state index contributed by atoms with van der Waals surface area (Å²) in [5.74, 6) is 0. The number of benzene rings is 7. The quantitative estimate of drug-likeness (QED) is 0.168. The van der Waals surface area contributed by atoms with Crippen LogP contribution in [-0.2, 0) is 0 Å². The van der Waals surface area contributed by atoms with E-state index in [1.807, 2.05) is 6.08 Å². The maximum absolute atomic E-state index is 7.68. The third kappa shape index (κ3) is 3.90. The predicted molar refractivity (Wildman–Crippen MR) is 185 cm³/mol. The maximum Gasteiger partial charge on any atom is 0.0177 e. The fraction of sp³-hybridized carbons (Fsp3) is 0.0238. The number of nitrogens with one attached hydrogen (secondary N) is 1. The second kappa shape index (κ2) is 10.1. The minimum Gasteiger partial charge on any atom is -0.309 e. The van der Waals surface area contributed by atoms with Gasteiger partial charge in [-0.2, -0.15) is 0 Å². The van der Waals surface area contributed by atoms with Gasteiger partial charge in [0.25, 0.3) is 0 Å². The van der Waals surface area contributed by atoms with Crippen LogP contribution < -0.4 is 0 Å². The van der Waals surface area contributed by atoms with Crippen molar-refractivity contribution in [2.75, 3.05) is 0 Å². The van der Waals surface area contributed by atoms with Crippen molar-refractivity contribution in [3.05, 3.63) is 151 Å². The van der Waals surface area contributed by atoms with E-state index in [1.54, 1.807) is 0 Å². The summed E-state index contributed by atoms with van der Waals surface area (Å²) in [6.45, 7) is 2.20. The fourth-order valence-electron chi connectivity index (χ4n) is 7.07. The molecule has 1 aliphatic carbocycles. The normalized spacial score (nSPS) is 11.8. The SMILES string of the molecule is Cc1c(/C=C\C=N)c2cc(-c3cccc4c3-c3ccccc3-c3ccccc3-c3ccccc3-4)ccc2c2ccccc12. The Morgan fingerprint density at radius 2 is 0.930 bits per heavy atom. The summed E-state index contributed by atoms with van der Waals surface area (Å²) in [6.07, 6.45) is 5.27. The molecule has 8 rings (SSSR count). The van der Waals surface area contributed by atoms with E-state index in [0.29, 0.717) is 0 Å². The summed E-state index contributed by atoms with van der Waals surface area (Å²) >= 11 is 0. The van der Waals surface area contributed by atoms with Crippen LogP contribution >= 0.6 is 0 Å². The second-order valence-corrected chi connectivity index (χ2v) is 11.2. The molecular formula is C42H29N. The molecule has 0 bridgehead atoms. The van der Waals surface area contributed by atoms with E-state index in [0.717, 1.165) is 5.56 Å².